The number of halogens is 9. The zero-order valence-electron chi connectivity index (χ0n) is 34.4. The molecule has 0 fully saturated rings. The summed E-state index contributed by atoms with van der Waals surface area (Å²) >= 11 is 0. The van der Waals surface area contributed by atoms with Crippen molar-refractivity contribution in [2.24, 2.45) is 0 Å². The smallest absolute Gasteiger partial charge is 0.416 e. The molecule has 0 radical (unpaired) electrons. The van der Waals surface area contributed by atoms with E-state index in [9.17, 15) is 54.8 Å². The fourth-order valence-electron chi connectivity index (χ4n) is 5.82. The summed E-state index contributed by atoms with van der Waals surface area (Å²) in [5.41, 5.74) is 2.63. The first-order chi connectivity index (χ1) is 30.9. The average Bonchev–Trinajstić information content (AvgIpc) is 3.29. The summed E-state index contributed by atoms with van der Waals surface area (Å²) in [6.45, 7) is 2.62. The normalized spacial score (nSPS) is 10.8. The standard InChI is InChI=1S/C20H17F2NO3.C14H10F5NO.C14H13F2NO/c1-25-14-5-7-15(8-6-14)26-16-4-2-3-13(11-16)12-23-18-10-9-17(21)19(22)20(18)24;15-10-4-5-11(13(21)12(10)16)20-7-8-2-1-3-9(6-8)14(17,18)19;1-9-3-2-4-10(7-9)8-17-12-6-5-11(15)13(16)14(12)18/h2-11,23-24H,12H2,1H3;1-6,20-21H,7H2;2-7,17-18H,8H2,1H3. The van der Waals surface area contributed by atoms with Gasteiger partial charge < -0.3 is 40.7 Å². The first-order valence-corrected chi connectivity index (χ1v) is 19.3. The molecular formula is C48H40F9N3O5. The van der Waals surface area contributed by atoms with E-state index < -0.39 is 63.9 Å². The van der Waals surface area contributed by atoms with Gasteiger partial charge in [0.1, 0.15) is 17.2 Å². The molecule has 0 saturated carbocycles. The van der Waals surface area contributed by atoms with Gasteiger partial charge >= 0.3 is 6.18 Å². The van der Waals surface area contributed by atoms with Gasteiger partial charge in [0.15, 0.2) is 34.7 Å². The summed E-state index contributed by atoms with van der Waals surface area (Å²) in [5, 5.41) is 36.7. The number of aromatic hydroxyl groups is 3. The van der Waals surface area contributed by atoms with Crippen molar-refractivity contribution < 1.29 is 64.3 Å². The van der Waals surface area contributed by atoms with Crippen LogP contribution in [0.15, 0.2) is 133 Å². The van der Waals surface area contributed by atoms with Crippen LogP contribution in [0.5, 0.6) is 34.5 Å². The number of alkyl halides is 3. The molecule has 7 aromatic rings. The Morgan fingerprint density at radius 1 is 0.462 bits per heavy atom. The minimum absolute atomic E-state index is 0.0808. The second-order valence-corrected chi connectivity index (χ2v) is 13.9. The molecule has 0 atom stereocenters. The Morgan fingerprint density at radius 3 is 1.29 bits per heavy atom. The Kier molecular flexibility index (Phi) is 16.4. The number of hydrogen-bond donors (Lipinski definition) is 6. The summed E-state index contributed by atoms with van der Waals surface area (Å²) in [6, 6.07) is 33.2. The molecule has 7 aromatic carbocycles. The molecule has 0 aliphatic rings. The molecule has 0 bridgehead atoms. The second kappa shape index (κ2) is 22.1. The maximum Gasteiger partial charge on any atom is 0.416 e. The summed E-state index contributed by atoms with van der Waals surface area (Å²) in [4.78, 5) is 0. The van der Waals surface area contributed by atoms with E-state index >= 15 is 0 Å². The summed E-state index contributed by atoms with van der Waals surface area (Å²) in [5.74, 6) is -7.60. The highest BCUT2D eigenvalue weighted by molar-refractivity contribution is 5.58. The molecule has 340 valence electrons. The van der Waals surface area contributed by atoms with E-state index in [2.05, 4.69) is 16.0 Å². The van der Waals surface area contributed by atoms with Gasteiger partial charge in [-0.25, -0.2) is 13.2 Å². The van der Waals surface area contributed by atoms with E-state index in [0.717, 1.165) is 58.8 Å². The lowest BCUT2D eigenvalue weighted by Crippen LogP contribution is -2.07. The van der Waals surface area contributed by atoms with Crippen molar-refractivity contribution in [2.45, 2.75) is 32.7 Å². The summed E-state index contributed by atoms with van der Waals surface area (Å²) < 4.78 is 127. The minimum Gasteiger partial charge on any atom is -0.503 e. The molecule has 0 aromatic heterocycles. The number of rotatable bonds is 12. The highest BCUT2D eigenvalue weighted by Crippen LogP contribution is 2.33. The van der Waals surface area contributed by atoms with E-state index in [1.54, 1.807) is 31.4 Å². The first-order valence-electron chi connectivity index (χ1n) is 19.3. The Morgan fingerprint density at radius 2 is 0.862 bits per heavy atom. The molecule has 0 spiro atoms. The van der Waals surface area contributed by atoms with Gasteiger partial charge in [-0.1, -0.05) is 54.1 Å². The van der Waals surface area contributed by atoms with Gasteiger partial charge in [0, 0.05) is 19.6 Å². The van der Waals surface area contributed by atoms with Crippen LogP contribution in [0, 0.1) is 41.8 Å². The van der Waals surface area contributed by atoms with Crippen LogP contribution in [0.1, 0.15) is 27.8 Å². The predicted molar refractivity (Wildman–Crippen MR) is 228 cm³/mol. The Labute approximate surface area is 367 Å². The van der Waals surface area contributed by atoms with Crippen molar-refractivity contribution >= 4 is 17.1 Å². The van der Waals surface area contributed by atoms with Crippen LogP contribution in [0.25, 0.3) is 0 Å². The van der Waals surface area contributed by atoms with Crippen LogP contribution in [-0.4, -0.2) is 22.4 Å². The van der Waals surface area contributed by atoms with E-state index in [-0.39, 0.29) is 29.2 Å². The van der Waals surface area contributed by atoms with E-state index in [4.69, 9.17) is 9.47 Å². The van der Waals surface area contributed by atoms with Gasteiger partial charge in [0.2, 0.25) is 17.5 Å². The number of anilines is 3. The third kappa shape index (κ3) is 13.6. The van der Waals surface area contributed by atoms with Gasteiger partial charge in [-0.3, -0.25) is 0 Å². The fourth-order valence-corrected chi connectivity index (χ4v) is 5.82. The van der Waals surface area contributed by atoms with Crippen molar-refractivity contribution in [1.82, 2.24) is 0 Å². The molecular weight excluding hydrogens is 870 g/mol. The van der Waals surface area contributed by atoms with Crippen LogP contribution >= 0.6 is 0 Å². The highest BCUT2D eigenvalue weighted by Gasteiger charge is 2.30. The number of nitrogens with one attached hydrogen (secondary N) is 3. The summed E-state index contributed by atoms with van der Waals surface area (Å²) in [7, 11) is 1.59. The minimum atomic E-state index is -4.46. The molecule has 6 N–H and O–H groups in total. The van der Waals surface area contributed by atoms with Gasteiger partial charge in [-0.05, 0) is 109 Å². The van der Waals surface area contributed by atoms with Gasteiger partial charge in [-0.15, -0.1) is 0 Å². The van der Waals surface area contributed by atoms with Crippen molar-refractivity contribution in [3.63, 3.8) is 0 Å². The number of ether oxygens (including phenoxy) is 2. The number of hydrogen-bond acceptors (Lipinski definition) is 8. The van der Waals surface area contributed by atoms with Crippen LogP contribution in [0.2, 0.25) is 0 Å². The number of phenolic OH excluding ortho intramolecular Hbond substituents is 3. The van der Waals surface area contributed by atoms with E-state index in [0.29, 0.717) is 24.6 Å². The molecule has 0 unspecified atom stereocenters. The van der Waals surface area contributed by atoms with Gasteiger partial charge in [0.25, 0.3) is 0 Å². The van der Waals surface area contributed by atoms with Crippen molar-refractivity contribution in [3.05, 3.63) is 196 Å². The fraction of sp³-hybridized carbons (Fsp3) is 0.125. The molecule has 65 heavy (non-hydrogen) atoms. The third-order valence-corrected chi connectivity index (χ3v) is 9.19. The molecule has 7 rings (SSSR count). The highest BCUT2D eigenvalue weighted by atomic mass is 19.4. The second-order valence-electron chi connectivity index (χ2n) is 13.9. The lowest BCUT2D eigenvalue weighted by molar-refractivity contribution is -0.137. The van der Waals surface area contributed by atoms with E-state index in [1.165, 1.54) is 24.3 Å². The molecule has 0 amide bonds. The number of benzene rings is 7. The zero-order chi connectivity index (χ0) is 47.3. The summed E-state index contributed by atoms with van der Waals surface area (Å²) in [6.07, 6.45) is -4.46. The monoisotopic (exact) mass is 909 g/mol. The SMILES string of the molecule is COc1ccc(Oc2cccc(CNc3ccc(F)c(F)c3O)c2)cc1.Cc1cccc(CNc2ccc(F)c(F)c2O)c1.Oc1c(NCc2cccc(C(F)(F)F)c2)ccc(F)c1F. The van der Waals surface area contributed by atoms with Crippen LogP contribution in [-0.2, 0) is 25.8 Å². The number of aryl methyl sites for hydroxylation is 1. The predicted octanol–water partition coefficient (Wildman–Crippen LogP) is 13.0. The maximum absolute atomic E-state index is 13.4. The lowest BCUT2D eigenvalue weighted by Gasteiger charge is -2.11. The Balaban J connectivity index is 0.000000187. The van der Waals surface area contributed by atoms with Gasteiger partial charge in [-0.2, -0.15) is 26.3 Å². The number of phenols is 3. The van der Waals surface area contributed by atoms with Gasteiger partial charge in [0.05, 0.1) is 29.7 Å². The topological polar surface area (TPSA) is 115 Å². The molecule has 17 heteroatoms. The van der Waals surface area contributed by atoms with Crippen LogP contribution in [0.4, 0.5) is 56.6 Å². The molecule has 0 aliphatic carbocycles. The molecule has 0 heterocycles. The van der Waals surface area contributed by atoms with Crippen LogP contribution in [0.3, 0.4) is 0 Å². The van der Waals surface area contributed by atoms with Crippen molar-refractivity contribution in [2.75, 3.05) is 23.1 Å². The molecule has 0 saturated heterocycles. The Hall–Kier alpha value is -7.69. The molecule has 0 aliphatic heterocycles. The number of methoxy groups -OCH3 is 1. The van der Waals surface area contributed by atoms with Crippen molar-refractivity contribution in [3.8, 4) is 34.5 Å². The van der Waals surface area contributed by atoms with Crippen LogP contribution < -0.4 is 25.4 Å². The maximum atomic E-state index is 13.4. The van der Waals surface area contributed by atoms with E-state index in [1.807, 2.05) is 55.5 Å². The zero-order valence-corrected chi connectivity index (χ0v) is 34.4. The molecule has 8 nitrogen and oxygen atoms in total. The largest absolute Gasteiger partial charge is 0.503 e. The lowest BCUT2D eigenvalue weighted by atomic mass is 10.1. The van der Waals surface area contributed by atoms with Crippen molar-refractivity contribution in [1.29, 1.82) is 0 Å². The quantitative estimate of drug-likeness (QED) is 0.0531. The third-order valence-electron chi connectivity index (χ3n) is 9.19. The first kappa shape index (κ1) is 48.3. The Bertz CT molecular complexity index is 2700. The average molecular weight is 910 g/mol.